The maximum absolute atomic E-state index is 10.7. The van der Waals surface area contributed by atoms with Crippen molar-refractivity contribution in [1.82, 2.24) is 15.0 Å². The number of aromatic amines is 1. The summed E-state index contributed by atoms with van der Waals surface area (Å²) in [7, 11) is 0. The summed E-state index contributed by atoms with van der Waals surface area (Å²) < 4.78 is 0. The lowest BCUT2D eigenvalue weighted by molar-refractivity contribution is 0.0699. The molecule has 0 aliphatic rings. The molecular formula is C7H6N4O2. The number of fused-ring (bicyclic) bond motifs is 1. The fraction of sp³-hybridized carbons (Fsp3) is 0. The molecule has 0 saturated heterocycles. The Balaban J connectivity index is 2.82. The van der Waals surface area contributed by atoms with Gasteiger partial charge in [0.2, 0.25) is 0 Å². The molecule has 0 unspecified atom stereocenters. The zero-order valence-electron chi connectivity index (χ0n) is 6.48. The number of carboxylic acids is 1. The summed E-state index contributed by atoms with van der Waals surface area (Å²) in [5.41, 5.74) is 6.15. The first-order valence-electron chi connectivity index (χ1n) is 3.52. The van der Waals surface area contributed by atoms with Crippen LogP contribution in [0.5, 0.6) is 0 Å². The molecule has 0 aromatic carbocycles. The Kier molecular flexibility index (Phi) is 1.42. The van der Waals surface area contributed by atoms with Gasteiger partial charge in [-0.25, -0.2) is 9.78 Å². The van der Waals surface area contributed by atoms with E-state index in [1.807, 2.05) is 0 Å². The molecule has 66 valence electrons. The predicted octanol–water partition coefficient (Wildman–Crippen LogP) is 0.238. The number of rotatable bonds is 1. The lowest BCUT2D eigenvalue weighted by atomic mass is 10.2. The number of carboxylic acid groups (broad SMARTS) is 1. The molecule has 2 heterocycles. The lowest BCUT2D eigenvalue weighted by Gasteiger charge is -1.93. The maximum Gasteiger partial charge on any atom is 0.338 e. The average Bonchev–Trinajstić information content (AvgIpc) is 2.43. The highest BCUT2D eigenvalue weighted by Gasteiger charge is 2.11. The Hall–Kier alpha value is -2.11. The van der Waals surface area contributed by atoms with Crippen molar-refractivity contribution in [1.29, 1.82) is 0 Å². The van der Waals surface area contributed by atoms with Crippen LogP contribution in [0.2, 0.25) is 0 Å². The van der Waals surface area contributed by atoms with Crippen LogP contribution < -0.4 is 5.73 Å². The number of aromatic nitrogens is 3. The minimum absolute atomic E-state index is 0.120. The number of hydrogen-bond donors (Lipinski definition) is 3. The second-order valence-electron chi connectivity index (χ2n) is 2.48. The molecule has 0 aliphatic carbocycles. The molecular weight excluding hydrogens is 172 g/mol. The topological polar surface area (TPSA) is 105 Å². The Morgan fingerprint density at radius 2 is 2.38 bits per heavy atom. The molecule has 6 heteroatoms. The molecule has 0 fully saturated rings. The number of carbonyl (C=O) groups is 1. The normalized spacial score (nSPS) is 10.5. The zero-order valence-corrected chi connectivity index (χ0v) is 6.48. The molecule has 2 aromatic rings. The molecule has 0 amide bonds. The van der Waals surface area contributed by atoms with Gasteiger partial charge in [-0.15, -0.1) is 0 Å². The van der Waals surface area contributed by atoms with E-state index in [-0.39, 0.29) is 11.5 Å². The number of nitrogen functional groups attached to an aromatic ring is 1. The number of anilines is 1. The minimum atomic E-state index is -1.03. The zero-order chi connectivity index (χ0) is 9.42. The van der Waals surface area contributed by atoms with Crippen molar-refractivity contribution in [3.05, 3.63) is 17.8 Å². The SMILES string of the molecule is Nc1nc2nccc(C(=O)O)c2[nH]1. The fourth-order valence-corrected chi connectivity index (χ4v) is 1.11. The molecule has 0 aliphatic heterocycles. The smallest absolute Gasteiger partial charge is 0.338 e. The van der Waals surface area contributed by atoms with Crippen LogP contribution in [-0.2, 0) is 0 Å². The second-order valence-corrected chi connectivity index (χ2v) is 2.48. The Morgan fingerprint density at radius 1 is 1.62 bits per heavy atom. The molecule has 0 radical (unpaired) electrons. The summed E-state index contributed by atoms with van der Waals surface area (Å²) in [6.45, 7) is 0. The van der Waals surface area contributed by atoms with Crippen LogP contribution in [0.4, 0.5) is 5.95 Å². The Morgan fingerprint density at radius 3 is 3.08 bits per heavy atom. The number of nitrogens with one attached hydrogen (secondary N) is 1. The molecule has 2 rings (SSSR count). The van der Waals surface area contributed by atoms with E-state index in [1.165, 1.54) is 12.3 Å². The number of aromatic carboxylic acids is 1. The second kappa shape index (κ2) is 2.44. The van der Waals surface area contributed by atoms with Gasteiger partial charge in [-0.2, -0.15) is 4.98 Å². The first-order chi connectivity index (χ1) is 6.18. The standard InChI is InChI=1S/C7H6N4O2/c8-7-10-4-3(6(12)13)1-2-9-5(4)11-7/h1-2H,(H,12,13)(H3,8,9,10,11). The van der Waals surface area contributed by atoms with E-state index in [2.05, 4.69) is 15.0 Å². The summed E-state index contributed by atoms with van der Waals surface area (Å²) in [5.74, 6) is -0.868. The number of hydrogen-bond acceptors (Lipinski definition) is 4. The van der Waals surface area contributed by atoms with Crippen molar-refractivity contribution in [3.63, 3.8) is 0 Å². The van der Waals surface area contributed by atoms with Gasteiger partial charge < -0.3 is 15.8 Å². The third kappa shape index (κ3) is 1.08. The van der Waals surface area contributed by atoms with E-state index in [0.717, 1.165) is 0 Å². The largest absolute Gasteiger partial charge is 0.478 e. The summed E-state index contributed by atoms with van der Waals surface area (Å²) in [4.78, 5) is 21.0. The molecule has 6 nitrogen and oxygen atoms in total. The number of imidazole rings is 1. The summed E-state index contributed by atoms with van der Waals surface area (Å²) in [6, 6.07) is 1.39. The van der Waals surface area contributed by atoms with E-state index >= 15 is 0 Å². The van der Waals surface area contributed by atoms with Crippen LogP contribution in [0.25, 0.3) is 11.2 Å². The van der Waals surface area contributed by atoms with Gasteiger partial charge in [-0.05, 0) is 6.07 Å². The quantitative estimate of drug-likeness (QED) is 0.580. The van der Waals surface area contributed by atoms with Gasteiger partial charge in [-0.1, -0.05) is 0 Å². The monoisotopic (exact) mass is 178 g/mol. The van der Waals surface area contributed by atoms with Crippen molar-refractivity contribution in [2.45, 2.75) is 0 Å². The lowest BCUT2D eigenvalue weighted by Crippen LogP contribution is -1.97. The van der Waals surface area contributed by atoms with Gasteiger partial charge in [-0.3, -0.25) is 0 Å². The van der Waals surface area contributed by atoms with E-state index in [0.29, 0.717) is 11.2 Å². The van der Waals surface area contributed by atoms with Crippen molar-refractivity contribution >= 4 is 23.1 Å². The molecule has 0 spiro atoms. The minimum Gasteiger partial charge on any atom is -0.478 e. The first kappa shape index (κ1) is 7.53. The van der Waals surface area contributed by atoms with Gasteiger partial charge in [0.05, 0.1) is 5.56 Å². The van der Waals surface area contributed by atoms with Gasteiger partial charge in [0, 0.05) is 6.20 Å². The first-order valence-corrected chi connectivity index (χ1v) is 3.52. The number of nitrogens with two attached hydrogens (primary N) is 1. The van der Waals surface area contributed by atoms with Crippen LogP contribution >= 0.6 is 0 Å². The molecule has 0 saturated carbocycles. The van der Waals surface area contributed by atoms with Crippen LogP contribution in [0.1, 0.15) is 10.4 Å². The summed E-state index contributed by atoms with van der Waals surface area (Å²) in [5, 5.41) is 8.78. The Bertz CT molecular complexity index is 476. The van der Waals surface area contributed by atoms with E-state index in [9.17, 15) is 4.79 Å². The third-order valence-electron chi connectivity index (χ3n) is 1.64. The number of pyridine rings is 1. The van der Waals surface area contributed by atoms with Crippen molar-refractivity contribution in [2.24, 2.45) is 0 Å². The molecule has 2 aromatic heterocycles. The van der Waals surface area contributed by atoms with Crippen LogP contribution in [0.3, 0.4) is 0 Å². The fourth-order valence-electron chi connectivity index (χ4n) is 1.11. The van der Waals surface area contributed by atoms with Crippen molar-refractivity contribution < 1.29 is 9.90 Å². The van der Waals surface area contributed by atoms with E-state index in [1.54, 1.807) is 0 Å². The van der Waals surface area contributed by atoms with E-state index < -0.39 is 5.97 Å². The highest BCUT2D eigenvalue weighted by molar-refractivity contribution is 6.00. The van der Waals surface area contributed by atoms with Gasteiger partial charge in [0.1, 0.15) is 5.52 Å². The molecule has 0 bridgehead atoms. The van der Waals surface area contributed by atoms with Crippen LogP contribution in [0.15, 0.2) is 12.3 Å². The van der Waals surface area contributed by atoms with Crippen LogP contribution in [0, 0.1) is 0 Å². The number of H-pyrrole nitrogens is 1. The van der Waals surface area contributed by atoms with E-state index in [4.69, 9.17) is 10.8 Å². The summed E-state index contributed by atoms with van der Waals surface area (Å²) in [6.07, 6.45) is 1.38. The van der Waals surface area contributed by atoms with Crippen LogP contribution in [-0.4, -0.2) is 26.0 Å². The van der Waals surface area contributed by atoms with Gasteiger partial charge in [0.25, 0.3) is 0 Å². The highest BCUT2D eigenvalue weighted by atomic mass is 16.4. The maximum atomic E-state index is 10.7. The van der Waals surface area contributed by atoms with Crippen molar-refractivity contribution in [3.8, 4) is 0 Å². The average molecular weight is 178 g/mol. The summed E-state index contributed by atoms with van der Waals surface area (Å²) >= 11 is 0. The molecule has 0 atom stereocenters. The third-order valence-corrected chi connectivity index (χ3v) is 1.64. The van der Waals surface area contributed by atoms with Gasteiger partial charge in [0.15, 0.2) is 11.6 Å². The highest BCUT2D eigenvalue weighted by Crippen LogP contribution is 2.14. The molecule has 4 N–H and O–H groups in total. The van der Waals surface area contributed by atoms with Crippen molar-refractivity contribution in [2.75, 3.05) is 5.73 Å². The Labute approximate surface area is 72.4 Å². The molecule has 13 heavy (non-hydrogen) atoms. The van der Waals surface area contributed by atoms with Gasteiger partial charge >= 0.3 is 5.97 Å². The number of nitrogens with zero attached hydrogens (tertiary/aromatic N) is 2. The predicted molar refractivity (Wildman–Crippen MR) is 45.3 cm³/mol.